The highest BCUT2D eigenvalue weighted by molar-refractivity contribution is 6.11. The summed E-state index contributed by atoms with van der Waals surface area (Å²) in [7, 11) is 0. The predicted molar refractivity (Wildman–Crippen MR) is 133 cm³/mol. The van der Waals surface area contributed by atoms with Crippen LogP contribution in [0.25, 0.3) is 32.8 Å². The summed E-state index contributed by atoms with van der Waals surface area (Å²) in [6.45, 7) is 0. The van der Waals surface area contributed by atoms with E-state index in [1.165, 1.54) is 12.4 Å². The Morgan fingerprint density at radius 3 is 2.69 bits per heavy atom. The molecule has 0 bridgehead atoms. The zero-order valence-corrected chi connectivity index (χ0v) is 18.8. The van der Waals surface area contributed by atoms with Gasteiger partial charge in [0.15, 0.2) is 11.6 Å². The van der Waals surface area contributed by atoms with Crippen LogP contribution in [-0.2, 0) is 6.42 Å². The molecule has 1 aliphatic rings. The molecule has 0 spiro atoms. The molecule has 3 aromatic heterocycles. The van der Waals surface area contributed by atoms with Gasteiger partial charge in [-0.05, 0) is 48.9 Å². The van der Waals surface area contributed by atoms with Gasteiger partial charge in [0.1, 0.15) is 23.9 Å². The van der Waals surface area contributed by atoms with E-state index >= 15 is 0 Å². The molecular formula is C26H25FN6O2. The summed E-state index contributed by atoms with van der Waals surface area (Å²) in [6, 6.07) is 14.5. The fraction of sp³-hybridized carbons (Fsp3) is 0.269. The van der Waals surface area contributed by atoms with Crippen molar-refractivity contribution in [1.29, 1.82) is 0 Å². The van der Waals surface area contributed by atoms with Crippen molar-refractivity contribution in [1.82, 2.24) is 19.5 Å². The molecule has 0 saturated heterocycles. The molecule has 6 N–H and O–H groups in total. The number of anilines is 2. The Bertz CT molecular complexity index is 1590. The van der Waals surface area contributed by atoms with Crippen molar-refractivity contribution in [3.63, 3.8) is 0 Å². The maximum absolute atomic E-state index is 13.7. The van der Waals surface area contributed by atoms with E-state index < -0.39 is 18.0 Å². The number of aliphatic hydroxyl groups is 2. The van der Waals surface area contributed by atoms with E-state index in [2.05, 4.69) is 15.0 Å². The SMILES string of the molecule is Nc1nc2cc(CC[C@H]3C[C@@H](n4c5ccccc5c5c(N)ncnc54)[C@H](O)[C@@H]3O)ccc2cc1F. The van der Waals surface area contributed by atoms with Crippen LogP contribution in [0.5, 0.6) is 0 Å². The number of aromatic nitrogens is 4. The first-order chi connectivity index (χ1) is 16.9. The Morgan fingerprint density at radius 1 is 1.00 bits per heavy atom. The Balaban J connectivity index is 1.29. The Morgan fingerprint density at radius 2 is 1.83 bits per heavy atom. The van der Waals surface area contributed by atoms with Crippen molar-refractivity contribution in [2.24, 2.45) is 5.92 Å². The van der Waals surface area contributed by atoms with Gasteiger partial charge in [0, 0.05) is 10.8 Å². The number of pyridine rings is 1. The second-order valence-corrected chi connectivity index (χ2v) is 9.31. The summed E-state index contributed by atoms with van der Waals surface area (Å²) in [5.41, 5.74) is 15.0. The van der Waals surface area contributed by atoms with Crippen molar-refractivity contribution in [2.45, 2.75) is 37.5 Å². The van der Waals surface area contributed by atoms with Crippen LogP contribution < -0.4 is 11.5 Å². The van der Waals surface area contributed by atoms with Gasteiger partial charge in [-0.2, -0.15) is 0 Å². The van der Waals surface area contributed by atoms with Gasteiger partial charge < -0.3 is 26.2 Å². The van der Waals surface area contributed by atoms with Crippen LogP contribution in [0.2, 0.25) is 0 Å². The second kappa shape index (κ2) is 8.14. The molecule has 0 amide bonds. The van der Waals surface area contributed by atoms with E-state index in [1.807, 2.05) is 47.0 Å². The summed E-state index contributed by atoms with van der Waals surface area (Å²) < 4.78 is 15.7. The standard InChI is InChI=1S/C26H25FN6O2/c27-17-10-14-7-5-13(9-18(14)32-24(17)28)6-8-15-11-20(23(35)22(15)34)33-19-4-2-1-3-16(19)21-25(29)30-12-31-26(21)33/h1-5,7,9-10,12,15,20,22-23,34-35H,6,8,11H2,(H2,28,32)(H2,29,30,31)/t15-,20+,22+,23-/m0/s1. The van der Waals surface area contributed by atoms with E-state index in [-0.39, 0.29) is 17.8 Å². The van der Waals surface area contributed by atoms with E-state index in [0.29, 0.717) is 41.6 Å². The molecule has 6 rings (SSSR count). The second-order valence-electron chi connectivity index (χ2n) is 9.31. The molecule has 8 nitrogen and oxygen atoms in total. The predicted octanol–water partition coefficient (Wildman–Crippen LogP) is 3.35. The lowest BCUT2D eigenvalue weighted by molar-refractivity contribution is 0.00595. The van der Waals surface area contributed by atoms with E-state index in [0.717, 1.165) is 21.9 Å². The number of aliphatic hydroxyl groups excluding tert-OH is 2. The molecule has 1 fully saturated rings. The van der Waals surface area contributed by atoms with Crippen molar-refractivity contribution >= 4 is 44.5 Å². The quantitative estimate of drug-likeness (QED) is 0.315. The molecule has 2 aromatic carbocycles. The van der Waals surface area contributed by atoms with Gasteiger partial charge in [-0.15, -0.1) is 0 Å². The topological polar surface area (TPSA) is 136 Å². The Hall–Kier alpha value is -3.82. The number of hydrogen-bond acceptors (Lipinski definition) is 7. The largest absolute Gasteiger partial charge is 0.390 e. The van der Waals surface area contributed by atoms with Gasteiger partial charge in [-0.1, -0.05) is 30.3 Å². The lowest BCUT2D eigenvalue weighted by Crippen LogP contribution is -2.29. The fourth-order valence-corrected chi connectivity index (χ4v) is 5.53. The van der Waals surface area contributed by atoms with Gasteiger partial charge in [-0.25, -0.2) is 19.3 Å². The van der Waals surface area contributed by atoms with Crippen molar-refractivity contribution in [3.8, 4) is 0 Å². The smallest absolute Gasteiger partial charge is 0.165 e. The molecular weight excluding hydrogens is 447 g/mol. The Kier molecular flexibility index (Phi) is 5.05. The molecule has 0 radical (unpaired) electrons. The monoisotopic (exact) mass is 472 g/mol. The van der Waals surface area contributed by atoms with Gasteiger partial charge in [0.2, 0.25) is 0 Å². The lowest BCUT2D eigenvalue weighted by Gasteiger charge is -2.20. The molecule has 178 valence electrons. The summed E-state index contributed by atoms with van der Waals surface area (Å²) in [6.07, 6.45) is 1.54. The van der Waals surface area contributed by atoms with E-state index in [9.17, 15) is 14.6 Å². The van der Waals surface area contributed by atoms with Gasteiger partial charge >= 0.3 is 0 Å². The number of para-hydroxylation sites is 1. The van der Waals surface area contributed by atoms with Crippen molar-refractivity contribution in [2.75, 3.05) is 11.5 Å². The van der Waals surface area contributed by atoms with Crippen LogP contribution in [0.3, 0.4) is 0 Å². The maximum Gasteiger partial charge on any atom is 0.165 e. The fourth-order valence-electron chi connectivity index (χ4n) is 5.53. The molecule has 0 unspecified atom stereocenters. The van der Waals surface area contributed by atoms with Crippen molar-refractivity contribution in [3.05, 3.63) is 66.2 Å². The summed E-state index contributed by atoms with van der Waals surface area (Å²) in [4.78, 5) is 12.8. The number of nitrogen functional groups attached to an aromatic ring is 2. The number of nitrogens with two attached hydrogens (primary N) is 2. The zero-order chi connectivity index (χ0) is 24.3. The average Bonchev–Trinajstić information content (AvgIpc) is 3.33. The zero-order valence-electron chi connectivity index (χ0n) is 18.8. The third-order valence-corrected chi connectivity index (χ3v) is 7.29. The molecule has 5 aromatic rings. The lowest BCUT2D eigenvalue weighted by atomic mass is 9.95. The summed E-state index contributed by atoms with van der Waals surface area (Å²) in [5.74, 6) is -0.383. The third-order valence-electron chi connectivity index (χ3n) is 7.29. The van der Waals surface area contributed by atoms with Crippen molar-refractivity contribution < 1.29 is 14.6 Å². The minimum atomic E-state index is -0.948. The number of halogens is 1. The summed E-state index contributed by atoms with van der Waals surface area (Å²) >= 11 is 0. The number of aryl methyl sites for hydroxylation is 1. The van der Waals surface area contributed by atoms with Crippen LogP contribution in [0, 0.1) is 11.7 Å². The summed E-state index contributed by atoms with van der Waals surface area (Å²) in [5, 5.41) is 24.4. The normalized spacial score (nSPS) is 22.5. The highest BCUT2D eigenvalue weighted by Crippen LogP contribution is 2.43. The van der Waals surface area contributed by atoms with Gasteiger partial charge in [0.25, 0.3) is 0 Å². The minimum absolute atomic E-state index is 0.118. The number of fused-ring (bicyclic) bond motifs is 4. The number of rotatable bonds is 4. The van der Waals surface area contributed by atoms with E-state index in [1.54, 1.807) is 0 Å². The maximum atomic E-state index is 13.7. The molecule has 4 atom stereocenters. The van der Waals surface area contributed by atoms with Crippen LogP contribution in [0.1, 0.15) is 24.4 Å². The molecule has 0 aliphatic heterocycles. The van der Waals surface area contributed by atoms with E-state index in [4.69, 9.17) is 11.5 Å². The minimum Gasteiger partial charge on any atom is -0.390 e. The molecule has 1 saturated carbocycles. The van der Waals surface area contributed by atoms with Crippen LogP contribution in [-0.4, -0.2) is 41.9 Å². The third kappa shape index (κ3) is 3.46. The number of benzene rings is 2. The Labute approximate surface area is 200 Å². The van der Waals surface area contributed by atoms with Crippen LogP contribution in [0.4, 0.5) is 16.0 Å². The molecule has 3 heterocycles. The highest BCUT2D eigenvalue weighted by Gasteiger charge is 2.43. The highest BCUT2D eigenvalue weighted by atomic mass is 19.1. The number of hydrogen-bond donors (Lipinski definition) is 4. The molecule has 9 heteroatoms. The first kappa shape index (κ1) is 21.7. The first-order valence-electron chi connectivity index (χ1n) is 11.6. The average molecular weight is 473 g/mol. The first-order valence-corrected chi connectivity index (χ1v) is 11.6. The van der Waals surface area contributed by atoms with Crippen LogP contribution >= 0.6 is 0 Å². The molecule has 35 heavy (non-hydrogen) atoms. The van der Waals surface area contributed by atoms with Gasteiger partial charge in [0.05, 0.1) is 28.6 Å². The molecule has 1 aliphatic carbocycles. The number of nitrogens with zero attached hydrogens (tertiary/aromatic N) is 4. The van der Waals surface area contributed by atoms with Gasteiger partial charge in [-0.3, -0.25) is 0 Å². The van der Waals surface area contributed by atoms with Crippen LogP contribution in [0.15, 0.2) is 54.9 Å².